The zero-order valence-corrected chi connectivity index (χ0v) is 12.9. The molecular formula is C14H17NO6S. The van der Waals surface area contributed by atoms with Crippen LogP contribution in [0.25, 0.3) is 0 Å². The first-order valence-corrected chi connectivity index (χ1v) is 8.33. The van der Waals surface area contributed by atoms with Crippen LogP contribution in [0.5, 0.6) is 0 Å². The molecule has 0 aromatic heterocycles. The molecule has 0 radical (unpaired) electrons. The van der Waals surface area contributed by atoms with Crippen LogP contribution in [0.15, 0.2) is 24.3 Å². The van der Waals surface area contributed by atoms with Crippen molar-refractivity contribution in [1.82, 2.24) is 4.31 Å². The van der Waals surface area contributed by atoms with Gasteiger partial charge in [0.15, 0.2) is 0 Å². The number of carboxylic acids is 1. The average molecular weight is 327 g/mol. The lowest BCUT2D eigenvalue weighted by molar-refractivity contribution is -0.141. The van der Waals surface area contributed by atoms with E-state index in [1.54, 1.807) is 18.2 Å². The number of carbonyl (C=O) groups excluding carboxylic acids is 1. The smallest absolute Gasteiger partial charge is 0.338 e. The molecular weight excluding hydrogens is 310 g/mol. The maximum absolute atomic E-state index is 12.4. The van der Waals surface area contributed by atoms with Gasteiger partial charge in [0.05, 0.1) is 24.3 Å². The van der Waals surface area contributed by atoms with E-state index in [1.165, 1.54) is 17.5 Å². The highest BCUT2D eigenvalue weighted by Gasteiger charge is 2.35. The molecule has 22 heavy (non-hydrogen) atoms. The van der Waals surface area contributed by atoms with E-state index in [0.717, 1.165) is 0 Å². The molecule has 1 saturated heterocycles. The molecule has 1 heterocycles. The number of hydrogen-bond acceptors (Lipinski definition) is 5. The molecule has 0 amide bonds. The minimum Gasteiger partial charge on any atom is -0.481 e. The quantitative estimate of drug-likeness (QED) is 0.799. The first-order chi connectivity index (χ1) is 10.3. The maximum Gasteiger partial charge on any atom is 0.338 e. The van der Waals surface area contributed by atoms with Crippen molar-refractivity contribution in [3.8, 4) is 0 Å². The van der Waals surface area contributed by atoms with Crippen LogP contribution in [0, 0.1) is 5.92 Å². The Hall–Kier alpha value is -1.93. The Morgan fingerprint density at radius 2 is 2.05 bits per heavy atom. The number of hydrogen-bond donors (Lipinski definition) is 1. The van der Waals surface area contributed by atoms with Crippen molar-refractivity contribution in [2.24, 2.45) is 5.92 Å². The lowest BCUT2D eigenvalue weighted by atomic mass is 10.1. The fraction of sp³-hybridized carbons (Fsp3) is 0.429. The molecule has 0 spiro atoms. The molecule has 1 aromatic carbocycles. The predicted octanol–water partition coefficient (Wildman–Crippen LogP) is 0.710. The van der Waals surface area contributed by atoms with E-state index >= 15 is 0 Å². The monoisotopic (exact) mass is 327 g/mol. The summed E-state index contributed by atoms with van der Waals surface area (Å²) in [5.74, 6) is -2.63. The number of esters is 1. The number of benzene rings is 1. The summed E-state index contributed by atoms with van der Waals surface area (Å²) in [5, 5.41) is 8.95. The highest BCUT2D eigenvalue weighted by molar-refractivity contribution is 7.88. The van der Waals surface area contributed by atoms with Crippen molar-refractivity contribution < 1.29 is 27.9 Å². The average Bonchev–Trinajstić information content (AvgIpc) is 2.97. The third-order valence-corrected chi connectivity index (χ3v) is 5.45. The summed E-state index contributed by atoms with van der Waals surface area (Å²) >= 11 is 0. The highest BCUT2D eigenvalue weighted by Crippen LogP contribution is 2.23. The lowest BCUT2D eigenvalue weighted by Crippen LogP contribution is -2.31. The van der Waals surface area contributed by atoms with E-state index < -0.39 is 27.9 Å². The number of carboxylic acid groups (broad SMARTS) is 1. The molecule has 1 fully saturated rings. The number of aliphatic carboxylic acids is 1. The van der Waals surface area contributed by atoms with Gasteiger partial charge in [-0.2, -0.15) is 0 Å². The number of nitrogens with zero attached hydrogens (tertiary/aromatic N) is 1. The Morgan fingerprint density at radius 3 is 2.64 bits per heavy atom. The lowest BCUT2D eigenvalue weighted by Gasteiger charge is -2.17. The van der Waals surface area contributed by atoms with Crippen molar-refractivity contribution in [2.75, 3.05) is 20.2 Å². The summed E-state index contributed by atoms with van der Waals surface area (Å²) in [6.45, 7) is 0.151. The van der Waals surface area contributed by atoms with E-state index in [0.29, 0.717) is 12.0 Å². The van der Waals surface area contributed by atoms with Gasteiger partial charge in [-0.25, -0.2) is 17.5 Å². The van der Waals surface area contributed by atoms with Gasteiger partial charge in [0.1, 0.15) is 0 Å². The van der Waals surface area contributed by atoms with Gasteiger partial charge in [0.2, 0.25) is 10.0 Å². The van der Waals surface area contributed by atoms with Gasteiger partial charge < -0.3 is 9.84 Å². The third-order valence-electron chi connectivity index (χ3n) is 3.65. The second kappa shape index (κ2) is 6.45. The Bertz CT molecular complexity index is 684. The predicted molar refractivity (Wildman–Crippen MR) is 77.7 cm³/mol. The maximum atomic E-state index is 12.4. The second-order valence-electron chi connectivity index (χ2n) is 5.09. The van der Waals surface area contributed by atoms with Gasteiger partial charge in [-0.15, -0.1) is 0 Å². The first-order valence-electron chi connectivity index (χ1n) is 6.72. The van der Waals surface area contributed by atoms with E-state index in [9.17, 15) is 18.0 Å². The summed E-state index contributed by atoms with van der Waals surface area (Å²) in [6.07, 6.45) is 0.299. The van der Waals surface area contributed by atoms with Gasteiger partial charge in [0, 0.05) is 13.1 Å². The third kappa shape index (κ3) is 3.45. The van der Waals surface area contributed by atoms with Crippen molar-refractivity contribution in [1.29, 1.82) is 0 Å². The van der Waals surface area contributed by atoms with Crippen LogP contribution >= 0.6 is 0 Å². The zero-order valence-electron chi connectivity index (χ0n) is 12.1. The molecule has 0 bridgehead atoms. The molecule has 1 aromatic rings. The van der Waals surface area contributed by atoms with Crippen molar-refractivity contribution in [2.45, 2.75) is 12.2 Å². The number of rotatable bonds is 5. The largest absolute Gasteiger partial charge is 0.481 e. The van der Waals surface area contributed by atoms with Gasteiger partial charge >= 0.3 is 11.9 Å². The molecule has 8 heteroatoms. The van der Waals surface area contributed by atoms with Crippen LogP contribution in [-0.4, -0.2) is 50.0 Å². The van der Waals surface area contributed by atoms with Gasteiger partial charge in [-0.05, 0) is 18.1 Å². The van der Waals surface area contributed by atoms with Crippen molar-refractivity contribution in [3.63, 3.8) is 0 Å². The van der Waals surface area contributed by atoms with E-state index in [1.807, 2.05) is 0 Å². The Morgan fingerprint density at radius 1 is 1.36 bits per heavy atom. The molecule has 1 unspecified atom stereocenters. The fourth-order valence-corrected chi connectivity index (χ4v) is 4.04. The molecule has 1 N–H and O–H groups in total. The second-order valence-corrected chi connectivity index (χ2v) is 7.06. The van der Waals surface area contributed by atoms with Gasteiger partial charge in [-0.3, -0.25) is 4.79 Å². The summed E-state index contributed by atoms with van der Waals surface area (Å²) in [7, 11) is -2.45. The molecule has 120 valence electrons. The van der Waals surface area contributed by atoms with Crippen LogP contribution in [0.4, 0.5) is 0 Å². The SMILES string of the molecule is COC(=O)c1ccccc1CS(=O)(=O)N1CCC(C(=O)O)C1. The Kier molecular flexibility index (Phi) is 4.82. The van der Waals surface area contributed by atoms with E-state index in [2.05, 4.69) is 4.74 Å². The summed E-state index contributed by atoms with van der Waals surface area (Å²) in [6, 6.07) is 6.31. The normalized spacial score (nSPS) is 19.0. The highest BCUT2D eigenvalue weighted by atomic mass is 32.2. The van der Waals surface area contributed by atoms with Crippen molar-refractivity contribution in [3.05, 3.63) is 35.4 Å². The summed E-state index contributed by atoms with van der Waals surface area (Å²) < 4.78 is 30.6. The molecule has 7 nitrogen and oxygen atoms in total. The van der Waals surface area contributed by atoms with E-state index in [-0.39, 0.29) is 24.4 Å². The van der Waals surface area contributed by atoms with Gasteiger partial charge in [0.25, 0.3) is 0 Å². The fourth-order valence-electron chi connectivity index (χ4n) is 2.43. The van der Waals surface area contributed by atoms with Gasteiger partial charge in [-0.1, -0.05) is 18.2 Å². The number of methoxy groups -OCH3 is 1. The molecule has 0 saturated carbocycles. The number of sulfonamides is 1. The van der Waals surface area contributed by atoms with Crippen LogP contribution < -0.4 is 0 Å². The zero-order chi connectivity index (χ0) is 16.3. The van der Waals surface area contributed by atoms with Crippen molar-refractivity contribution >= 4 is 22.0 Å². The minimum atomic E-state index is -3.68. The topological polar surface area (TPSA) is 101 Å². The summed E-state index contributed by atoms with van der Waals surface area (Å²) in [5.41, 5.74) is 0.538. The molecule has 2 rings (SSSR count). The first kappa shape index (κ1) is 16.4. The van der Waals surface area contributed by atoms with E-state index in [4.69, 9.17) is 5.11 Å². The molecule has 1 atom stereocenters. The number of carbonyl (C=O) groups is 2. The minimum absolute atomic E-state index is 0.0297. The van der Waals surface area contributed by atoms with Crippen LogP contribution in [-0.2, 0) is 25.3 Å². The van der Waals surface area contributed by atoms with Crippen LogP contribution in [0.1, 0.15) is 22.3 Å². The molecule has 1 aliphatic heterocycles. The Balaban J connectivity index is 2.20. The standard InChI is InChI=1S/C14H17NO6S/c1-21-14(18)12-5-3-2-4-11(12)9-22(19,20)15-7-6-10(8-15)13(16)17/h2-5,10H,6-9H2,1H3,(H,16,17). The summed E-state index contributed by atoms with van der Waals surface area (Å²) in [4.78, 5) is 22.6. The Labute approximate surface area is 128 Å². The van der Waals surface area contributed by atoms with Crippen LogP contribution in [0.2, 0.25) is 0 Å². The van der Waals surface area contributed by atoms with Crippen LogP contribution in [0.3, 0.4) is 0 Å². The number of ether oxygens (including phenoxy) is 1. The molecule has 0 aliphatic carbocycles. The molecule has 1 aliphatic rings.